The van der Waals surface area contributed by atoms with E-state index in [1.807, 2.05) is 19.2 Å². The first kappa shape index (κ1) is 11.6. The zero-order chi connectivity index (χ0) is 12.4. The minimum atomic E-state index is 0.905. The maximum atomic E-state index is 4.60. The van der Waals surface area contributed by atoms with Crippen LogP contribution in [-0.2, 0) is 0 Å². The second-order valence-corrected chi connectivity index (χ2v) is 4.43. The second-order valence-electron chi connectivity index (χ2n) is 4.43. The fraction of sp³-hybridized carbons (Fsp3) is 0.267. The third-order valence-electron chi connectivity index (χ3n) is 2.94. The van der Waals surface area contributed by atoms with Crippen LogP contribution < -0.4 is 5.32 Å². The van der Waals surface area contributed by atoms with Gasteiger partial charge < -0.3 is 5.32 Å². The SMILES string of the molecule is CNc1cccc(-c2c(C)cc(C)cc2C)n1. The van der Waals surface area contributed by atoms with Crippen LogP contribution in [0, 0.1) is 20.8 Å². The van der Waals surface area contributed by atoms with Crippen molar-refractivity contribution < 1.29 is 0 Å². The van der Waals surface area contributed by atoms with E-state index in [2.05, 4.69) is 49.3 Å². The van der Waals surface area contributed by atoms with Gasteiger partial charge >= 0.3 is 0 Å². The van der Waals surface area contributed by atoms with E-state index in [0.29, 0.717) is 0 Å². The number of pyridine rings is 1. The average Bonchev–Trinajstić information content (AvgIpc) is 2.28. The van der Waals surface area contributed by atoms with Gasteiger partial charge in [-0.1, -0.05) is 23.8 Å². The summed E-state index contributed by atoms with van der Waals surface area (Å²) in [5.41, 5.74) is 6.14. The lowest BCUT2D eigenvalue weighted by Gasteiger charge is -2.11. The molecule has 0 amide bonds. The molecule has 1 aromatic heterocycles. The molecule has 0 saturated heterocycles. The lowest BCUT2D eigenvalue weighted by molar-refractivity contribution is 1.25. The van der Waals surface area contributed by atoms with Gasteiger partial charge in [-0.2, -0.15) is 0 Å². The molecule has 2 aromatic rings. The molecule has 0 radical (unpaired) electrons. The van der Waals surface area contributed by atoms with E-state index >= 15 is 0 Å². The third kappa shape index (κ3) is 2.31. The smallest absolute Gasteiger partial charge is 0.126 e. The zero-order valence-electron chi connectivity index (χ0n) is 10.8. The second kappa shape index (κ2) is 4.58. The third-order valence-corrected chi connectivity index (χ3v) is 2.94. The molecule has 0 unspecified atom stereocenters. The highest BCUT2D eigenvalue weighted by atomic mass is 15.0. The molecule has 1 heterocycles. The van der Waals surface area contributed by atoms with Crippen molar-refractivity contribution in [2.75, 3.05) is 12.4 Å². The van der Waals surface area contributed by atoms with Crippen molar-refractivity contribution in [2.45, 2.75) is 20.8 Å². The molecule has 2 nitrogen and oxygen atoms in total. The summed E-state index contributed by atoms with van der Waals surface area (Å²) in [7, 11) is 1.89. The lowest BCUT2D eigenvalue weighted by Crippen LogP contribution is -1.96. The van der Waals surface area contributed by atoms with Crippen LogP contribution in [0.15, 0.2) is 30.3 Å². The fourth-order valence-electron chi connectivity index (χ4n) is 2.30. The Bertz CT molecular complexity index is 521. The standard InChI is InChI=1S/C15H18N2/c1-10-8-11(2)15(12(3)9-10)13-6-5-7-14(16-4)17-13/h5-9H,1-4H3,(H,16,17). The zero-order valence-corrected chi connectivity index (χ0v) is 10.8. The van der Waals surface area contributed by atoms with Crippen LogP contribution in [-0.4, -0.2) is 12.0 Å². The van der Waals surface area contributed by atoms with Gasteiger partial charge in [0.15, 0.2) is 0 Å². The Balaban J connectivity index is 2.60. The van der Waals surface area contributed by atoms with Gasteiger partial charge in [0.1, 0.15) is 5.82 Å². The molecular weight excluding hydrogens is 208 g/mol. The van der Waals surface area contributed by atoms with E-state index in [4.69, 9.17) is 0 Å². The summed E-state index contributed by atoms with van der Waals surface area (Å²) >= 11 is 0. The molecule has 0 spiro atoms. The first-order valence-electron chi connectivity index (χ1n) is 5.85. The van der Waals surface area contributed by atoms with Crippen molar-refractivity contribution in [2.24, 2.45) is 0 Å². The highest BCUT2D eigenvalue weighted by molar-refractivity contribution is 5.69. The molecule has 88 valence electrons. The summed E-state index contributed by atoms with van der Waals surface area (Å²) in [5, 5.41) is 3.08. The van der Waals surface area contributed by atoms with E-state index in [-0.39, 0.29) is 0 Å². The van der Waals surface area contributed by atoms with Crippen LogP contribution in [0.1, 0.15) is 16.7 Å². The summed E-state index contributed by atoms with van der Waals surface area (Å²) in [6.45, 7) is 6.41. The van der Waals surface area contributed by atoms with Crippen LogP contribution >= 0.6 is 0 Å². The molecule has 0 aliphatic heterocycles. The number of hydrogen-bond donors (Lipinski definition) is 1. The van der Waals surface area contributed by atoms with Crippen molar-refractivity contribution in [1.82, 2.24) is 4.98 Å². The Morgan fingerprint density at radius 1 is 1.00 bits per heavy atom. The predicted molar refractivity (Wildman–Crippen MR) is 73.4 cm³/mol. The Hall–Kier alpha value is -1.83. The Morgan fingerprint density at radius 3 is 2.24 bits per heavy atom. The van der Waals surface area contributed by atoms with Crippen LogP contribution in [0.25, 0.3) is 11.3 Å². The topological polar surface area (TPSA) is 24.9 Å². The number of nitrogens with one attached hydrogen (secondary N) is 1. The minimum Gasteiger partial charge on any atom is -0.373 e. The number of aryl methyl sites for hydroxylation is 3. The number of nitrogens with zero attached hydrogens (tertiary/aromatic N) is 1. The number of anilines is 1. The fourth-order valence-corrected chi connectivity index (χ4v) is 2.30. The molecule has 0 fully saturated rings. The van der Waals surface area contributed by atoms with Gasteiger partial charge in [-0.15, -0.1) is 0 Å². The highest BCUT2D eigenvalue weighted by Crippen LogP contribution is 2.27. The summed E-state index contributed by atoms with van der Waals surface area (Å²) in [6, 6.07) is 10.5. The van der Waals surface area contributed by atoms with E-state index < -0.39 is 0 Å². The largest absolute Gasteiger partial charge is 0.373 e. The number of aromatic nitrogens is 1. The van der Waals surface area contributed by atoms with Gasteiger partial charge in [0, 0.05) is 12.6 Å². The monoisotopic (exact) mass is 226 g/mol. The number of rotatable bonds is 2. The average molecular weight is 226 g/mol. The molecule has 1 N–H and O–H groups in total. The summed E-state index contributed by atoms with van der Waals surface area (Å²) in [4.78, 5) is 4.60. The van der Waals surface area contributed by atoms with Crippen molar-refractivity contribution in [1.29, 1.82) is 0 Å². The first-order chi connectivity index (χ1) is 8.11. The van der Waals surface area contributed by atoms with Crippen LogP contribution in [0.2, 0.25) is 0 Å². The molecule has 0 aliphatic rings. The van der Waals surface area contributed by atoms with Gasteiger partial charge in [0.05, 0.1) is 5.69 Å². The molecule has 1 aromatic carbocycles. The lowest BCUT2D eigenvalue weighted by atomic mass is 9.97. The van der Waals surface area contributed by atoms with Gasteiger partial charge in [-0.05, 0) is 44.0 Å². The first-order valence-corrected chi connectivity index (χ1v) is 5.85. The summed E-state index contributed by atoms with van der Waals surface area (Å²) in [5.74, 6) is 0.905. The molecule has 17 heavy (non-hydrogen) atoms. The molecule has 0 bridgehead atoms. The summed E-state index contributed by atoms with van der Waals surface area (Å²) in [6.07, 6.45) is 0. The van der Waals surface area contributed by atoms with Gasteiger partial charge in [0.25, 0.3) is 0 Å². The molecule has 0 saturated carbocycles. The Kier molecular flexibility index (Phi) is 3.14. The quantitative estimate of drug-likeness (QED) is 0.844. The van der Waals surface area contributed by atoms with Crippen LogP contribution in [0.5, 0.6) is 0 Å². The molecule has 0 atom stereocenters. The Morgan fingerprint density at radius 2 is 1.65 bits per heavy atom. The number of hydrogen-bond acceptors (Lipinski definition) is 2. The van der Waals surface area contributed by atoms with E-state index in [0.717, 1.165) is 11.5 Å². The van der Waals surface area contributed by atoms with Crippen LogP contribution in [0.3, 0.4) is 0 Å². The molecule has 2 rings (SSSR count). The minimum absolute atomic E-state index is 0.905. The van der Waals surface area contributed by atoms with Crippen molar-refractivity contribution >= 4 is 5.82 Å². The number of benzene rings is 1. The van der Waals surface area contributed by atoms with Crippen molar-refractivity contribution in [3.8, 4) is 11.3 Å². The van der Waals surface area contributed by atoms with Gasteiger partial charge in [0.2, 0.25) is 0 Å². The maximum absolute atomic E-state index is 4.60. The van der Waals surface area contributed by atoms with Crippen LogP contribution in [0.4, 0.5) is 5.82 Å². The van der Waals surface area contributed by atoms with E-state index in [1.54, 1.807) is 0 Å². The van der Waals surface area contributed by atoms with E-state index in [1.165, 1.54) is 22.3 Å². The molecular formula is C15H18N2. The van der Waals surface area contributed by atoms with Gasteiger partial charge in [-0.3, -0.25) is 0 Å². The normalized spacial score (nSPS) is 10.4. The Labute approximate surface area is 103 Å². The highest BCUT2D eigenvalue weighted by Gasteiger charge is 2.08. The summed E-state index contributed by atoms with van der Waals surface area (Å²) < 4.78 is 0. The van der Waals surface area contributed by atoms with E-state index in [9.17, 15) is 0 Å². The van der Waals surface area contributed by atoms with Crippen molar-refractivity contribution in [3.05, 3.63) is 47.0 Å². The molecule has 2 heteroatoms. The van der Waals surface area contributed by atoms with Crippen molar-refractivity contribution in [3.63, 3.8) is 0 Å². The maximum Gasteiger partial charge on any atom is 0.126 e. The predicted octanol–water partition coefficient (Wildman–Crippen LogP) is 3.72. The molecule has 0 aliphatic carbocycles. The van der Waals surface area contributed by atoms with Gasteiger partial charge in [-0.25, -0.2) is 4.98 Å².